The Bertz CT molecular complexity index is 953. The van der Waals surface area contributed by atoms with Gasteiger partial charge in [-0.25, -0.2) is 0 Å². The molecule has 4 rings (SSSR count). The van der Waals surface area contributed by atoms with Gasteiger partial charge in [-0.3, -0.25) is 14.5 Å². The number of carbonyl (C=O) groups excluding carboxylic acids is 1. The number of hydrogen-bond acceptors (Lipinski definition) is 4. The molecule has 0 atom stereocenters. The molecule has 1 fully saturated rings. The monoisotopic (exact) mass is 367 g/mol. The van der Waals surface area contributed by atoms with Crippen molar-refractivity contribution in [2.45, 2.75) is 25.9 Å². The van der Waals surface area contributed by atoms with Gasteiger partial charge in [0.25, 0.3) is 11.5 Å². The Labute approximate surface area is 155 Å². The van der Waals surface area contributed by atoms with Gasteiger partial charge in [0.05, 0.1) is 6.54 Å². The number of rotatable bonds is 5. The van der Waals surface area contributed by atoms with Crippen LogP contribution >= 0.6 is 11.3 Å². The van der Waals surface area contributed by atoms with Gasteiger partial charge in [0.1, 0.15) is 5.56 Å². The number of pyridine rings is 1. The van der Waals surface area contributed by atoms with Crippen molar-refractivity contribution in [3.8, 4) is 0 Å². The highest BCUT2D eigenvalue weighted by Crippen LogP contribution is 2.25. The first kappa shape index (κ1) is 17.0. The quantitative estimate of drug-likeness (QED) is 0.728. The fourth-order valence-electron chi connectivity index (χ4n) is 3.35. The highest BCUT2D eigenvalue weighted by Gasteiger charge is 2.15. The number of fused-ring (bicyclic) bond motifs is 1. The van der Waals surface area contributed by atoms with E-state index < -0.39 is 0 Å². The SMILES string of the molecule is O=C(NCc1cc2ccccc2s1)c1ccc(CN2CCCC2)[nH]c1=O. The minimum atomic E-state index is -0.337. The molecule has 3 heterocycles. The Morgan fingerprint density at radius 1 is 1.15 bits per heavy atom. The van der Waals surface area contributed by atoms with Crippen LogP contribution in [-0.2, 0) is 13.1 Å². The summed E-state index contributed by atoms with van der Waals surface area (Å²) in [7, 11) is 0. The first-order valence-corrected chi connectivity index (χ1v) is 9.71. The third-order valence-corrected chi connectivity index (χ3v) is 5.82. The maximum atomic E-state index is 12.4. The number of nitrogens with zero attached hydrogens (tertiary/aromatic N) is 1. The molecule has 0 unspecified atom stereocenters. The van der Waals surface area contributed by atoms with Crippen LogP contribution in [0.5, 0.6) is 0 Å². The van der Waals surface area contributed by atoms with Gasteiger partial charge in [0.15, 0.2) is 0 Å². The Morgan fingerprint density at radius 3 is 2.73 bits per heavy atom. The van der Waals surface area contributed by atoms with Gasteiger partial charge < -0.3 is 10.3 Å². The van der Waals surface area contributed by atoms with Crippen molar-refractivity contribution in [1.82, 2.24) is 15.2 Å². The van der Waals surface area contributed by atoms with E-state index in [2.05, 4.69) is 33.4 Å². The number of amides is 1. The predicted octanol–water partition coefficient (Wildman–Crippen LogP) is 3.12. The van der Waals surface area contributed by atoms with Crippen molar-refractivity contribution in [2.75, 3.05) is 13.1 Å². The summed E-state index contributed by atoms with van der Waals surface area (Å²) in [5.41, 5.74) is 0.699. The summed E-state index contributed by atoms with van der Waals surface area (Å²) in [6.45, 7) is 3.30. The molecular weight excluding hydrogens is 346 g/mol. The van der Waals surface area contributed by atoms with Crippen molar-refractivity contribution in [3.05, 3.63) is 69.0 Å². The van der Waals surface area contributed by atoms with Crippen molar-refractivity contribution >= 4 is 27.3 Å². The van der Waals surface area contributed by atoms with Crippen molar-refractivity contribution in [3.63, 3.8) is 0 Å². The second-order valence-corrected chi connectivity index (χ2v) is 7.81. The molecule has 0 bridgehead atoms. The van der Waals surface area contributed by atoms with Crippen LogP contribution < -0.4 is 10.9 Å². The molecule has 1 aromatic carbocycles. The lowest BCUT2D eigenvalue weighted by atomic mass is 10.2. The average molecular weight is 367 g/mol. The Balaban J connectivity index is 1.41. The van der Waals surface area contributed by atoms with E-state index >= 15 is 0 Å². The number of nitrogens with one attached hydrogen (secondary N) is 2. The van der Waals surface area contributed by atoms with Gasteiger partial charge in [-0.2, -0.15) is 0 Å². The van der Waals surface area contributed by atoms with Crippen LogP contribution in [0.4, 0.5) is 0 Å². The maximum Gasteiger partial charge on any atom is 0.261 e. The molecule has 2 N–H and O–H groups in total. The molecule has 2 aromatic heterocycles. The largest absolute Gasteiger partial charge is 0.347 e. The second-order valence-electron chi connectivity index (χ2n) is 6.64. The predicted molar refractivity (Wildman–Crippen MR) is 105 cm³/mol. The molecule has 0 radical (unpaired) electrons. The third kappa shape index (κ3) is 3.71. The maximum absolute atomic E-state index is 12.4. The molecular formula is C20H21N3O2S. The Kier molecular flexibility index (Phi) is 4.86. The molecule has 1 amide bonds. The number of carbonyl (C=O) groups is 1. The number of likely N-dealkylation sites (tertiary alicyclic amines) is 1. The molecule has 5 nitrogen and oxygen atoms in total. The smallest absolute Gasteiger partial charge is 0.261 e. The summed E-state index contributed by atoms with van der Waals surface area (Å²) in [4.78, 5) is 30.9. The summed E-state index contributed by atoms with van der Waals surface area (Å²) < 4.78 is 1.20. The fraction of sp³-hybridized carbons (Fsp3) is 0.300. The first-order valence-electron chi connectivity index (χ1n) is 8.89. The molecule has 26 heavy (non-hydrogen) atoms. The second kappa shape index (κ2) is 7.43. The number of hydrogen-bond donors (Lipinski definition) is 2. The third-order valence-electron chi connectivity index (χ3n) is 4.71. The molecule has 0 saturated carbocycles. The summed E-state index contributed by atoms with van der Waals surface area (Å²) in [5.74, 6) is -0.337. The number of benzene rings is 1. The van der Waals surface area contributed by atoms with E-state index in [0.717, 1.165) is 30.2 Å². The van der Waals surface area contributed by atoms with E-state index in [-0.39, 0.29) is 17.0 Å². The minimum Gasteiger partial charge on any atom is -0.347 e. The van der Waals surface area contributed by atoms with Gasteiger partial charge >= 0.3 is 0 Å². The van der Waals surface area contributed by atoms with Gasteiger partial charge in [-0.05, 0) is 55.6 Å². The molecule has 0 aliphatic carbocycles. The minimum absolute atomic E-state index is 0.163. The van der Waals surface area contributed by atoms with Crippen LogP contribution in [0, 0.1) is 0 Å². The van der Waals surface area contributed by atoms with Crippen molar-refractivity contribution in [2.24, 2.45) is 0 Å². The van der Waals surface area contributed by atoms with Gasteiger partial charge in [0.2, 0.25) is 0 Å². The first-order chi connectivity index (χ1) is 12.7. The number of aromatic nitrogens is 1. The van der Waals surface area contributed by atoms with Crippen LogP contribution in [0.3, 0.4) is 0 Å². The van der Waals surface area contributed by atoms with E-state index in [1.54, 1.807) is 17.4 Å². The zero-order valence-electron chi connectivity index (χ0n) is 14.5. The van der Waals surface area contributed by atoms with Crippen LogP contribution in [0.2, 0.25) is 0 Å². The zero-order valence-corrected chi connectivity index (χ0v) is 15.3. The van der Waals surface area contributed by atoms with E-state index in [0.29, 0.717) is 6.54 Å². The summed E-state index contributed by atoms with van der Waals surface area (Å²) in [5, 5.41) is 4.02. The average Bonchev–Trinajstić information content (AvgIpc) is 3.28. The molecule has 0 spiro atoms. The molecule has 6 heteroatoms. The Morgan fingerprint density at radius 2 is 1.96 bits per heavy atom. The number of thiophene rings is 1. The van der Waals surface area contributed by atoms with Crippen LogP contribution in [0.1, 0.15) is 33.8 Å². The van der Waals surface area contributed by atoms with E-state index in [1.165, 1.54) is 22.9 Å². The zero-order chi connectivity index (χ0) is 17.9. The van der Waals surface area contributed by atoms with E-state index in [4.69, 9.17) is 0 Å². The normalized spacial score (nSPS) is 14.8. The molecule has 1 aliphatic heterocycles. The van der Waals surface area contributed by atoms with Gasteiger partial charge in [-0.1, -0.05) is 18.2 Å². The highest BCUT2D eigenvalue weighted by atomic mass is 32.1. The van der Waals surface area contributed by atoms with E-state index in [9.17, 15) is 9.59 Å². The summed E-state index contributed by atoms with van der Waals surface area (Å²) >= 11 is 1.65. The van der Waals surface area contributed by atoms with Crippen molar-refractivity contribution < 1.29 is 4.79 Å². The van der Waals surface area contributed by atoms with Crippen LogP contribution in [-0.4, -0.2) is 28.9 Å². The molecule has 3 aromatic rings. The van der Waals surface area contributed by atoms with Crippen molar-refractivity contribution in [1.29, 1.82) is 0 Å². The van der Waals surface area contributed by atoms with Gasteiger partial charge in [0, 0.05) is 21.8 Å². The number of aromatic amines is 1. The summed E-state index contributed by atoms with van der Waals surface area (Å²) in [6.07, 6.45) is 2.42. The van der Waals surface area contributed by atoms with Crippen LogP contribution in [0.15, 0.2) is 47.3 Å². The van der Waals surface area contributed by atoms with Crippen LogP contribution in [0.25, 0.3) is 10.1 Å². The standard InChI is InChI=1S/C20H21N3O2S/c24-19(21-12-16-11-14-5-1-2-6-18(14)26-16)17-8-7-15(22-20(17)25)13-23-9-3-4-10-23/h1-2,5-8,11H,3-4,9-10,12-13H2,(H,21,24)(H,22,25). The molecule has 134 valence electrons. The topological polar surface area (TPSA) is 65.2 Å². The van der Waals surface area contributed by atoms with E-state index in [1.807, 2.05) is 18.2 Å². The lowest BCUT2D eigenvalue weighted by Gasteiger charge is -2.14. The highest BCUT2D eigenvalue weighted by molar-refractivity contribution is 7.19. The lowest BCUT2D eigenvalue weighted by molar-refractivity contribution is 0.0949. The van der Waals surface area contributed by atoms with Gasteiger partial charge in [-0.15, -0.1) is 11.3 Å². The molecule has 1 aliphatic rings. The molecule has 1 saturated heterocycles. The summed E-state index contributed by atoms with van der Waals surface area (Å²) in [6, 6.07) is 13.7. The fourth-order valence-corrected chi connectivity index (χ4v) is 4.36. The lowest BCUT2D eigenvalue weighted by Crippen LogP contribution is -2.30. The Hall–Kier alpha value is -2.44. The number of H-pyrrole nitrogens is 1.